The molecular weight excluding hydrogens is 248 g/mol. The Morgan fingerprint density at radius 2 is 2.26 bits per heavy atom. The third kappa shape index (κ3) is 4.05. The van der Waals surface area contributed by atoms with Gasteiger partial charge in [-0.2, -0.15) is 15.0 Å². The average molecular weight is 264 g/mol. The summed E-state index contributed by atoms with van der Waals surface area (Å²) in [7, 11) is 0. The number of ether oxygens (including phenoxy) is 1. The minimum atomic E-state index is 0.129. The van der Waals surface area contributed by atoms with Crippen molar-refractivity contribution in [2.45, 2.75) is 19.9 Å². The molecule has 9 heteroatoms. The van der Waals surface area contributed by atoms with Gasteiger partial charge >= 0.3 is 6.01 Å². The number of rotatable bonds is 7. The summed E-state index contributed by atoms with van der Waals surface area (Å²) in [5.74, 6) is 0.517. The predicted molar refractivity (Wildman–Crippen MR) is 68.5 cm³/mol. The van der Waals surface area contributed by atoms with Crippen LogP contribution in [0.15, 0.2) is 12.4 Å². The molecular formula is C10H16N8O. The van der Waals surface area contributed by atoms with E-state index in [4.69, 9.17) is 10.5 Å². The monoisotopic (exact) mass is 264 g/mol. The first kappa shape index (κ1) is 13.0. The van der Waals surface area contributed by atoms with E-state index in [-0.39, 0.29) is 12.0 Å². The number of nitrogens with two attached hydrogens (primary N) is 1. The smallest absolute Gasteiger partial charge is 0.323 e. The Balaban J connectivity index is 1.90. The van der Waals surface area contributed by atoms with Gasteiger partial charge in [0.15, 0.2) is 0 Å². The van der Waals surface area contributed by atoms with Crippen molar-refractivity contribution in [3.63, 3.8) is 0 Å². The molecule has 0 aliphatic rings. The van der Waals surface area contributed by atoms with Crippen molar-refractivity contribution in [3.05, 3.63) is 12.4 Å². The Kier molecular flexibility index (Phi) is 4.43. The number of nitrogens with zero attached hydrogens (tertiary/aromatic N) is 6. The maximum Gasteiger partial charge on any atom is 0.323 e. The third-order valence-electron chi connectivity index (χ3n) is 2.16. The van der Waals surface area contributed by atoms with Crippen LogP contribution in [0.5, 0.6) is 6.01 Å². The summed E-state index contributed by atoms with van der Waals surface area (Å²) in [6.07, 6.45) is 4.28. The fourth-order valence-electron chi connectivity index (χ4n) is 1.34. The molecule has 0 bridgehead atoms. The molecule has 0 spiro atoms. The zero-order valence-corrected chi connectivity index (χ0v) is 10.7. The fraction of sp³-hybridized carbons (Fsp3) is 0.500. The maximum atomic E-state index is 5.59. The highest BCUT2D eigenvalue weighted by Gasteiger charge is 2.04. The van der Waals surface area contributed by atoms with E-state index >= 15 is 0 Å². The number of nitrogens with one attached hydrogen (secondary N) is 1. The molecule has 0 saturated heterocycles. The number of hydrogen-bond acceptors (Lipinski definition) is 8. The lowest BCUT2D eigenvalue weighted by Gasteiger charge is -2.07. The van der Waals surface area contributed by atoms with Gasteiger partial charge in [-0.3, -0.25) is 4.68 Å². The molecule has 0 fully saturated rings. The van der Waals surface area contributed by atoms with Crippen molar-refractivity contribution in [1.82, 2.24) is 29.9 Å². The molecule has 2 aromatic heterocycles. The van der Waals surface area contributed by atoms with Gasteiger partial charge < -0.3 is 15.8 Å². The van der Waals surface area contributed by atoms with Gasteiger partial charge in [0.05, 0.1) is 19.3 Å². The van der Waals surface area contributed by atoms with Crippen LogP contribution in [-0.2, 0) is 6.54 Å². The van der Waals surface area contributed by atoms with Crippen molar-refractivity contribution in [3.8, 4) is 6.01 Å². The summed E-state index contributed by atoms with van der Waals surface area (Å²) in [4.78, 5) is 12.0. The molecule has 2 aromatic rings. The Bertz CT molecular complexity index is 500. The van der Waals surface area contributed by atoms with E-state index in [1.807, 2.05) is 6.92 Å². The molecule has 0 aromatic carbocycles. The zero-order chi connectivity index (χ0) is 13.5. The number of aromatic nitrogens is 6. The van der Waals surface area contributed by atoms with E-state index in [2.05, 4.69) is 30.6 Å². The molecule has 0 radical (unpaired) electrons. The molecule has 0 aliphatic heterocycles. The highest BCUT2D eigenvalue weighted by molar-refractivity contribution is 5.32. The normalized spacial score (nSPS) is 10.4. The number of anilines is 2. The summed E-state index contributed by atoms with van der Waals surface area (Å²) in [5.41, 5.74) is 5.59. The third-order valence-corrected chi connectivity index (χ3v) is 2.16. The molecule has 0 atom stereocenters. The first-order valence-electron chi connectivity index (χ1n) is 6.00. The van der Waals surface area contributed by atoms with Gasteiger partial charge in [-0.05, 0) is 6.42 Å². The lowest BCUT2D eigenvalue weighted by Crippen LogP contribution is -2.14. The fourth-order valence-corrected chi connectivity index (χ4v) is 1.34. The standard InChI is InChI=1S/C10H16N8O/c1-2-7-19-10-15-8(11)14-9(16-10)12-3-5-18-6-4-13-17-18/h4,6H,2-3,5,7H2,1H3,(H3,11,12,14,15,16). The molecule has 0 saturated carbocycles. The summed E-state index contributed by atoms with van der Waals surface area (Å²) in [6, 6.07) is 0.234. The van der Waals surface area contributed by atoms with Crippen LogP contribution in [0.25, 0.3) is 0 Å². The highest BCUT2D eigenvalue weighted by atomic mass is 16.5. The molecule has 3 N–H and O–H groups in total. The van der Waals surface area contributed by atoms with Gasteiger partial charge in [-0.15, -0.1) is 5.10 Å². The molecule has 0 amide bonds. The Labute approximate surface area is 110 Å². The first-order valence-corrected chi connectivity index (χ1v) is 6.00. The minimum Gasteiger partial charge on any atom is -0.463 e. The summed E-state index contributed by atoms with van der Waals surface area (Å²) >= 11 is 0. The van der Waals surface area contributed by atoms with E-state index in [0.29, 0.717) is 25.6 Å². The van der Waals surface area contributed by atoms with Crippen LogP contribution in [-0.4, -0.2) is 43.1 Å². The molecule has 9 nitrogen and oxygen atoms in total. The van der Waals surface area contributed by atoms with Crippen molar-refractivity contribution < 1.29 is 4.74 Å². The second-order valence-electron chi connectivity index (χ2n) is 3.74. The summed E-state index contributed by atoms with van der Waals surface area (Å²) < 4.78 is 7.02. The predicted octanol–water partition coefficient (Wildman–Crippen LogP) is -0.0538. The van der Waals surface area contributed by atoms with E-state index in [9.17, 15) is 0 Å². The number of hydrogen-bond donors (Lipinski definition) is 2. The SMILES string of the molecule is CCCOc1nc(N)nc(NCCn2ccnn2)n1. The number of nitrogen functional groups attached to an aromatic ring is 1. The largest absolute Gasteiger partial charge is 0.463 e. The quantitative estimate of drug-likeness (QED) is 0.714. The van der Waals surface area contributed by atoms with Gasteiger partial charge in [-0.1, -0.05) is 12.1 Å². The Hall–Kier alpha value is -2.45. The molecule has 2 rings (SSSR count). The maximum absolute atomic E-state index is 5.59. The van der Waals surface area contributed by atoms with E-state index in [1.54, 1.807) is 17.1 Å². The molecule has 19 heavy (non-hydrogen) atoms. The van der Waals surface area contributed by atoms with Crippen LogP contribution in [0, 0.1) is 0 Å². The van der Waals surface area contributed by atoms with E-state index in [0.717, 1.165) is 6.42 Å². The lowest BCUT2D eigenvalue weighted by atomic mass is 10.5. The second-order valence-corrected chi connectivity index (χ2v) is 3.74. The van der Waals surface area contributed by atoms with Gasteiger partial charge in [0.2, 0.25) is 11.9 Å². The van der Waals surface area contributed by atoms with Crippen LogP contribution in [0.4, 0.5) is 11.9 Å². The molecule has 0 unspecified atom stereocenters. The van der Waals surface area contributed by atoms with Crippen molar-refractivity contribution in [2.75, 3.05) is 24.2 Å². The van der Waals surface area contributed by atoms with Crippen LogP contribution in [0.2, 0.25) is 0 Å². The van der Waals surface area contributed by atoms with Crippen LogP contribution in [0.1, 0.15) is 13.3 Å². The van der Waals surface area contributed by atoms with Gasteiger partial charge in [-0.25, -0.2) is 0 Å². The summed E-state index contributed by atoms with van der Waals surface area (Å²) in [5, 5.41) is 10.6. The van der Waals surface area contributed by atoms with Crippen molar-refractivity contribution in [1.29, 1.82) is 0 Å². The summed E-state index contributed by atoms with van der Waals surface area (Å²) in [6.45, 7) is 3.79. The second kappa shape index (κ2) is 6.47. The Morgan fingerprint density at radius 3 is 3.00 bits per heavy atom. The lowest BCUT2D eigenvalue weighted by molar-refractivity contribution is 0.292. The van der Waals surface area contributed by atoms with Crippen LogP contribution >= 0.6 is 0 Å². The molecule has 102 valence electrons. The van der Waals surface area contributed by atoms with Crippen LogP contribution in [0.3, 0.4) is 0 Å². The first-order chi connectivity index (χ1) is 9.28. The van der Waals surface area contributed by atoms with Crippen molar-refractivity contribution >= 4 is 11.9 Å². The van der Waals surface area contributed by atoms with Crippen molar-refractivity contribution in [2.24, 2.45) is 0 Å². The Morgan fingerprint density at radius 1 is 1.37 bits per heavy atom. The minimum absolute atomic E-state index is 0.129. The highest BCUT2D eigenvalue weighted by Crippen LogP contribution is 2.08. The average Bonchev–Trinajstić information content (AvgIpc) is 2.89. The topological polar surface area (TPSA) is 117 Å². The zero-order valence-electron chi connectivity index (χ0n) is 10.7. The van der Waals surface area contributed by atoms with Gasteiger partial charge in [0.1, 0.15) is 0 Å². The van der Waals surface area contributed by atoms with Crippen LogP contribution < -0.4 is 15.8 Å². The molecule has 2 heterocycles. The van der Waals surface area contributed by atoms with Gasteiger partial charge in [0, 0.05) is 12.7 Å². The van der Waals surface area contributed by atoms with Gasteiger partial charge in [0.25, 0.3) is 0 Å². The molecule has 0 aliphatic carbocycles. The van der Waals surface area contributed by atoms with E-state index < -0.39 is 0 Å². The van der Waals surface area contributed by atoms with E-state index in [1.165, 1.54) is 0 Å².